The molecular formula is C15H21NO2. The second-order valence-electron chi connectivity index (χ2n) is 5.69. The molecule has 0 spiro atoms. The van der Waals surface area contributed by atoms with E-state index in [4.69, 9.17) is 4.74 Å². The van der Waals surface area contributed by atoms with Gasteiger partial charge in [0.1, 0.15) is 0 Å². The van der Waals surface area contributed by atoms with Crippen LogP contribution in [0.2, 0.25) is 0 Å². The lowest BCUT2D eigenvalue weighted by Crippen LogP contribution is -2.48. The molecule has 3 heteroatoms. The average molecular weight is 247 g/mol. The second-order valence-corrected chi connectivity index (χ2v) is 5.69. The first-order valence-corrected chi connectivity index (χ1v) is 6.39. The second kappa shape index (κ2) is 5.11. The quantitative estimate of drug-likeness (QED) is 0.883. The number of benzene rings is 1. The maximum atomic E-state index is 11.9. The molecule has 0 saturated carbocycles. The Labute approximate surface area is 109 Å². The third-order valence-corrected chi connectivity index (χ3v) is 3.47. The van der Waals surface area contributed by atoms with E-state index >= 15 is 0 Å². The lowest BCUT2D eigenvalue weighted by molar-refractivity contribution is -0.126. The SMILES string of the molecule is Cc1ccc(C)c(CC(=O)NCC2(C)COC2)c1. The standard InChI is InChI=1S/C15H21NO2/c1-11-4-5-12(2)13(6-11)7-14(17)16-8-15(3)9-18-10-15/h4-6H,7-10H2,1-3H3,(H,16,17). The van der Waals surface area contributed by atoms with E-state index in [2.05, 4.69) is 30.4 Å². The maximum absolute atomic E-state index is 11.9. The fourth-order valence-corrected chi connectivity index (χ4v) is 2.09. The van der Waals surface area contributed by atoms with Crippen molar-refractivity contribution < 1.29 is 9.53 Å². The van der Waals surface area contributed by atoms with E-state index in [1.807, 2.05) is 13.8 Å². The number of hydrogen-bond donors (Lipinski definition) is 1. The van der Waals surface area contributed by atoms with Gasteiger partial charge in [0, 0.05) is 12.0 Å². The molecule has 0 radical (unpaired) electrons. The summed E-state index contributed by atoms with van der Waals surface area (Å²) in [4.78, 5) is 11.9. The maximum Gasteiger partial charge on any atom is 0.224 e. The van der Waals surface area contributed by atoms with Crippen LogP contribution in [0.3, 0.4) is 0 Å². The Hall–Kier alpha value is -1.35. The number of amides is 1. The zero-order valence-electron chi connectivity index (χ0n) is 11.4. The van der Waals surface area contributed by atoms with Crippen LogP contribution < -0.4 is 5.32 Å². The van der Waals surface area contributed by atoms with E-state index in [-0.39, 0.29) is 11.3 Å². The first-order valence-electron chi connectivity index (χ1n) is 6.39. The highest BCUT2D eigenvalue weighted by Gasteiger charge is 2.33. The van der Waals surface area contributed by atoms with Gasteiger partial charge in [-0.1, -0.05) is 30.7 Å². The summed E-state index contributed by atoms with van der Waals surface area (Å²) in [7, 11) is 0. The summed E-state index contributed by atoms with van der Waals surface area (Å²) in [5, 5.41) is 3.00. The number of rotatable bonds is 4. The normalized spacial score (nSPS) is 17.1. The molecule has 0 unspecified atom stereocenters. The lowest BCUT2D eigenvalue weighted by Gasteiger charge is -2.38. The molecule has 1 amide bonds. The summed E-state index contributed by atoms with van der Waals surface area (Å²) in [6.45, 7) is 8.43. The largest absolute Gasteiger partial charge is 0.380 e. The molecule has 0 aromatic heterocycles. The summed E-state index contributed by atoms with van der Waals surface area (Å²) < 4.78 is 5.17. The summed E-state index contributed by atoms with van der Waals surface area (Å²) in [6, 6.07) is 6.23. The Morgan fingerprint density at radius 3 is 2.72 bits per heavy atom. The van der Waals surface area contributed by atoms with Gasteiger partial charge in [-0.05, 0) is 25.0 Å². The first kappa shape index (κ1) is 13.1. The predicted molar refractivity (Wildman–Crippen MR) is 71.6 cm³/mol. The van der Waals surface area contributed by atoms with Gasteiger partial charge in [-0.25, -0.2) is 0 Å². The summed E-state index contributed by atoms with van der Waals surface area (Å²) in [5.41, 5.74) is 3.62. The van der Waals surface area contributed by atoms with Crippen LogP contribution in [0.15, 0.2) is 18.2 Å². The summed E-state index contributed by atoms with van der Waals surface area (Å²) in [5.74, 6) is 0.0943. The molecule has 1 heterocycles. The fraction of sp³-hybridized carbons (Fsp3) is 0.533. The van der Waals surface area contributed by atoms with E-state index in [1.54, 1.807) is 0 Å². The minimum Gasteiger partial charge on any atom is -0.380 e. The van der Waals surface area contributed by atoms with E-state index in [0.717, 1.165) is 18.8 Å². The molecule has 1 fully saturated rings. The van der Waals surface area contributed by atoms with Crippen LogP contribution in [0.1, 0.15) is 23.6 Å². The van der Waals surface area contributed by atoms with Crippen molar-refractivity contribution in [3.05, 3.63) is 34.9 Å². The molecule has 18 heavy (non-hydrogen) atoms. The predicted octanol–water partition coefficient (Wildman–Crippen LogP) is 2.00. The Morgan fingerprint density at radius 1 is 1.39 bits per heavy atom. The Balaban J connectivity index is 1.88. The van der Waals surface area contributed by atoms with Crippen molar-refractivity contribution in [1.29, 1.82) is 0 Å². The lowest BCUT2D eigenvalue weighted by atomic mass is 9.88. The Kier molecular flexibility index (Phi) is 3.71. The van der Waals surface area contributed by atoms with Crippen molar-refractivity contribution in [3.63, 3.8) is 0 Å². The van der Waals surface area contributed by atoms with Crippen molar-refractivity contribution in [2.45, 2.75) is 27.2 Å². The van der Waals surface area contributed by atoms with Crippen molar-refractivity contribution in [2.24, 2.45) is 5.41 Å². The van der Waals surface area contributed by atoms with Crippen LogP contribution in [0.5, 0.6) is 0 Å². The molecule has 3 nitrogen and oxygen atoms in total. The topological polar surface area (TPSA) is 38.3 Å². The van der Waals surface area contributed by atoms with Gasteiger partial charge in [0.05, 0.1) is 19.6 Å². The minimum absolute atomic E-state index is 0.0943. The molecule has 1 saturated heterocycles. The molecule has 2 rings (SSSR count). The molecule has 1 N–H and O–H groups in total. The molecule has 1 aromatic carbocycles. The number of aryl methyl sites for hydroxylation is 2. The molecule has 0 atom stereocenters. The van der Waals surface area contributed by atoms with Gasteiger partial charge in [0.25, 0.3) is 0 Å². The van der Waals surface area contributed by atoms with Crippen LogP contribution in [-0.4, -0.2) is 25.7 Å². The number of hydrogen-bond acceptors (Lipinski definition) is 2. The van der Waals surface area contributed by atoms with Gasteiger partial charge in [-0.15, -0.1) is 0 Å². The molecule has 1 aliphatic rings. The number of ether oxygens (including phenoxy) is 1. The number of carbonyl (C=O) groups excluding carboxylic acids is 1. The smallest absolute Gasteiger partial charge is 0.224 e. The third kappa shape index (κ3) is 3.10. The van der Waals surface area contributed by atoms with E-state index in [9.17, 15) is 4.79 Å². The molecule has 98 valence electrons. The number of carbonyl (C=O) groups is 1. The van der Waals surface area contributed by atoms with E-state index < -0.39 is 0 Å². The van der Waals surface area contributed by atoms with E-state index in [0.29, 0.717) is 13.0 Å². The van der Waals surface area contributed by atoms with Gasteiger partial charge in [0.2, 0.25) is 5.91 Å². The zero-order valence-corrected chi connectivity index (χ0v) is 11.4. The van der Waals surface area contributed by atoms with Crippen molar-refractivity contribution in [1.82, 2.24) is 5.32 Å². The monoisotopic (exact) mass is 247 g/mol. The van der Waals surface area contributed by atoms with Crippen molar-refractivity contribution in [3.8, 4) is 0 Å². The molecule has 1 aromatic rings. The highest BCUT2D eigenvalue weighted by molar-refractivity contribution is 5.79. The fourth-order valence-electron chi connectivity index (χ4n) is 2.09. The van der Waals surface area contributed by atoms with Crippen molar-refractivity contribution in [2.75, 3.05) is 19.8 Å². The first-order chi connectivity index (χ1) is 8.48. The minimum atomic E-state index is 0.0943. The van der Waals surface area contributed by atoms with Crippen LogP contribution >= 0.6 is 0 Å². The Morgan fingerprint density at radius 2 is 2.11 bits per heavy atom. The van der Waals surface area contributed by atoms with E-state index in [1.165, 1.54) is 11.1 Å². The van der Waals surface area contributed by atoms with Crippen LogP contribution in [0.25, 0.3) is 0 Å². The van der Waals surface area contributed by atoms with Crippen molar-refractivity contribution >= 4 is 5.91 Å². The van der Waals surface area contributed by atoms with Crippen LogP contribution in [0, 0.1) is 19.3 Å². The van der Waals surface area contributed by atoms with Gasteiger partial charge in [-0.2, -0.15) is 0 Å². The van der Waals surface area contributed by atoms with Crippen LogP contribution in [-0.2, 0) is 16.0 Å². The van der Waals surface area contributed by atoms with Gasteiger partial charge >= 0.3 is 0 Å². The summed E-state index contributed by atoms with van der Waals surface area (Å²) >= 11 is 0. The molecule has 0 bridgehead atoms. The van der Waals surface area contributed by atoms with Crippen LogP contribution in [0.4, 0.5) is 0 Å². The molecule has 0 aliphatic carbocycles. The average Bonchev–Trinajstić information content (AvgIpc) is 2.29. The number of nitrogens with one attached hydrogen (secondary N) is 1. The Bertz CT molecular complexity index is 450. The highest BCUT2D eigenvalue weighted by Crippen LogP contribution is 2.25. The van der Waals surface area contributed by atoms with Gasteiger partial charge in [0.15, 0.2) is 0 Å². The third-order valence-electron chi connectivity index (χ3n) is 3.47. The summed E-state index contributed by atoms with van der Waals surface area (Å²) in [6.07, 6.45) is 0.463. The van der Waals surface area contributed by atoms with Gasteiger partial charge in [-0.3, -0.25) is 4.79 Å². The zero-order chi connectivity index (χ0) is 13.2. The molecular weight excluding hydrogens is 226 g/mol. The highest BCUT2D eigenvalue weighted by atomic mass is 16.5. The van der Waals surface area contributed by atoms with Gasteiger partial charge < -0.3 is 10.1 Å². The molecule has 1 aliphatic heterocycles.